The third kappa shape index (κ3) is 4.63. The second-order valence-corrected chi connectivity index (χ2v) is 9.39. The molecule has 2 aromatic carbocycles. The highest BCUT2D eigenvalue weighted by molar-refractivity contribution is 8.12. The van der Waals surface area contributed by atoms with Gasteiger partial charge in [0.15, 0.2) is 0 Å². The quantitative estimate of drug-likeness (QED) is 0.184. The molecule has 5 N–H and O–H groups in total. The summed E-state index contributed by atoms with van der Waals surface area (Å²) < 4.78 is 3.66. The first-order valence-electron chi connectivity index (χ1n) is 10.9. The molecule has 0 saturated carbocycles. The number of thioether (sulfide) groups is 1. The van der Waals surface area contributed by atoms with Crippen molar-refractivity contribution in [3.05, 3.63) is 83.8 Å². The molecule has 0 aliphatic heterocycles. The summed E-state index contributed by atoms with van der Waals surface area (Å²) in [7, 11) is 1.98. The Kier molecular flexibility index (Phi) is 6.61. The fourth-order valence-corrected chi connectivity index (χ4v) is 4.68. The molecule has 0 amide bonds. The Morgan fingerprint density at radius 3 is 2.53 bits per heavy atom. The van der Waals surface area contributed by atoms with Gasteiger partial charge in [0.1, 0.15) is 17.2 Å². The van der Waals surface area contributed by atoms with Crippen LogP contribution in [0.1, 0.15) is 36.5 Å². The van der Waals surface area contributed by atoms with Crippen molar-refractivity contribution in [1.82, 2.24) is 9.55 Å². The van der Waals surface area contributed by atoms with Crippen molar-refractivity contribution in [2.24, 2.45) is 12.8 Å². The lowest BCUT2D eigenvalue weighted by Crippen LogP contribution is -2.29. The topological polar surface area (TPSA) is 111 Å². The number of nitrogens with zero attached hydrogens (tertiary/aromatic N) is 3. The van der Waals surface area contributed by atoms with E-state index in [0.29, 0.717) is 22.6 Å². The molecule has 0 spiro atoms. The highest BCUT2D eigenvalue weighted by Gasteiger charge is 2.24. The molecule has 2 aromatic heterocycles. The number of hydrogen-bond donors (Lipinski definition) is 4. The second-order valence-electron chi connectivity index (χ2n) is 8.42. The molecule has 0 aliphatic rings. The summed E-state index contributed by atoms with van der Waals surface area (Å²) in [6.07, 6.45) is 5.43. The average molecular weight is 475 g/mol. The van der Waals surface area contributed by atoms with Gasteiger partial charge in [-0.1, -0.05) is 13.8 Å². The smallest absolute Gasteiger partial charge is 0.296 e. The third-order valence-electron chi connectivity index (χ3n) is 5.74. The van der Waals surface area contributed by atoms with E-state index in [-0.39, 0.29) is 28.4 Å². The second kappa shape index (κ2) is 9.61. The molecule has 0 aliphatic carbocycles. The van der Waals surface area contributed by atoms with Gasteiger partial charge in [-0.05, 0) is 71.3 Å². The number of benzene rings is 2. The van der Waals surface area contributed by atoms with E-state index in [9.17, 15) is 10.2 Å². The molecule has 4 rings (SSSR count). The maximum atomic E-state index is 10.7. The Bertz CT molecular complexity index is 1390. The van der Waals surface area contributed by atoms with Crippen LogP contribution in [0.3, 0.4) is 0 Å². The van der Waals surface area contributed by atoms with Gasteiger partial charge in [-0.3, -0.25) is 4.98 Å². The first-order chi connectivity index (χ1) is 16.3. The van der Waals surface area contributed by atoms with Gasteiger partial charge in [0.2, 0.25) is 5.84 Å². The van der Waals surface area contributed by atoms with Crippen molar-refractivity contribution in [2.75, 3.05) is 0 Å². The van der Waals surface area contributed by atoms with E-state index in [1.54, 1.807) is 23.0 Å². The largest absolute Gasteiger partial charge is 0.508 e. The predicted molar refractivity (Wildman–Crippen MR) is 138 cm³/mol. The van der Waals surface area contributed by atoms with Crippen LogP contribution in [0.5, 0.6) is 11.5 Å². The van der Waals surface area contributed by atoms with E-state index >= 15 is 0 Å². The molecule has 174 valence electrons. The minimum Gasteiger partial charge on any atom is -0.508 e. The number of nitrogens with two attached hydrogens (primary N) is 1. The Balaban J connectivity index is 1.84. The van der Waals surface area contributed by atoms with E-state index in [4.69, 9.17) is 11.1 Å². The summed E-state index contributed by atoms with van der Waals surface area (Å²) in [5, 5.41) is 31.1. The van der Waals surface area contributed by atoms with Crippen molar-refractivity contribution < 1.29 is 14.8 Å². The zero-order valence-electron chi connectivity index (χ0n) is 19.4. The fraction of sp³-hybridized carbons (Fsp3) is 0.192. The number of phenols is 2. The normalized spacial score (nSPS) is 12.2. The van der Waals surface area contributed by atoms with Crippen LogP contribution in [0.2, 0.25) is 0 Å². The van der Waals surface area contributed by atoms with Crippen LogP contribution in [0.4, 0.5) is 5.69 Å². The molecule has 0 radical (unpaired) electrons. The summed E-state index contributed by atoms with van der Waals surface area (Å²) in [6.45, 7) is 3.92. The molecule has 0 fully saturated rings. The molecule has 7 nitrogen and oxygen atoms in total. The molecule has 2 heterocycles. The number of pyridine rings is 1. The number of aromatic hydroxyl groups is 2. The lowest BCUT2D eigenvalue weighted by atomic mass is 9.98. The SMILES string of the molecule is CC(C)c1cc(C(N)=[N+](C(=N)SCc2ccncc2)c2ccc3c(ccn3C)c2)c(O)cc1O. The summed E-state index contributed by atoms with van der Waals surface area (Å²) >= 11 is 1.33. The van der Waals surface area contributed by atoms with E-state index in [2.05, 4.69) is 4.98 Å². The van der Waals surface area contributed by atoms with E-state index in [1.807, 2.05) is 68.1 Å². The average Bonchev–Trinajstić information content (AvgIpc) is 3.18. The van der Waals surface area contributed by atoms with Crippen LogP contribution in [0.25, 0.3) is 10.9 Å². The molecule has 0 saturated heterocycles. The highest BCUT2D eigenvalue weighted by Crippen LogP contribution is 2.33. The number of amidine groups is 2. The van der Waals surface area contributed by atoms with Gasteiger partial charge < -0.3 is 20.5 Å². The lowest BCUT2D eigenvalue weighted by Gasteiger charge is -2.15. The Morgan fingerprint density at radius 1 is 1.09 bits per heavy atom. The zero-order valence-corrected chi connectivity index (χ0v) is 20.2. The molecule has 0 atom stereocenters. The predicted octanol–water partition coefficient (Wildman–Crippen LogP) is 5.03. The number of fused-ring (bicyclic) bond motifs is 1. The van der Waals surface area contributed by atoms with Gasteiger partial charge in [0.05, 0.1) is 5.56 Å². The Labute approximate surface area is 202 Å². The molecule has 4 aromatic rings. The Hall–Kier alpha value is -3.78. The number of aryl methyl sites for hydroxylation is 1. The summed E-state index contributed by atoms with van der Waals surface area (Å²) in [5.41, 5.74) is 10.5. The maximum Gasteiger partial charge on any atom is 0.296 e. The molecule has 0 bridgehead atoms. The monoisotopic (exact) mass is 474 g/mol. The zero-order chi connectivity index (χ0) is 24.4. The molecule has 8 heteroatoms. The number of phenolic OH excluding ortho intramolecular Hbond substituents is 2. The summed E-state index contributed by atoms with van der Waals surface area (Å²) in [4.78, 5) is 4.05. The van der Waals surface area contributed by atoms with Crippen LogP contribution in [-0.2, 0) is 12.8 Å². The summed E-state index contributed by atoms with van der Waals surface area (Å²) in [6, 6.07) is 14.7. The van der Waals surface area contributed by atoms with Crippen molar-refractivity contribution in [3.8, 4) is 11.5 Å². The van der Waals surface area contributed by atoms with Crippen molar-refractivity contribution in [1.29, 1.82) is 5.41 Å². The first kappa shape index (κ1) is 23.4. The van der Waals surface area contributed by atoms with Gasteiger partial charge in [-0.15, -0.1) is 0 Å². The van der Waals surface area contributed by atoms with Gasteiger partial charge in [0.25, 0.3) is 5.17 Å². The minimum absolute atomic E-state index is 0.0171. The van der Waals surface area contributed by atoms with E-state index < -0.39 is 0 Å². The molecule has 0 unspecified atom stereocenters. The van der Waals surface area contributed by atoms with Gasteiger partial charge >= 0.3 is 0 Å². The molecule has 34 heavy (non-hydrogen) atoms. The van der Waals surface area contributed by atoms with Crippen LogP contribution >= 0.6 is 11.8 Å². The minimum atomic E-state index is -0.142. The van der Waals surface area contributed by atoms with Crippen LogP contribution in [0, 0.1) is 5.41 Å². The van der Waals surface area contributed by atoms with Crippen molar-refractivity contribution in [3.63, 3.8) is 0 Å². The number of nitrogens with one attached hydrogen (secondary N) is 1. The molecular formula is C26H28N5O2S+. The summed E-state index contributed by atoms with van der Waals surface area (Å²) in [5.74, 6) is 0.682. The standard InChI is InChI=1S/C26H27N5O2S/c1-16(2)20-13-21(24(33)14-23(20)32)25(27)31(26(28)34-15-17-6-9-29-10-7-17)19-4-5-22-18(12-19)8-11-30(22)3/h4-14,16,28H,15H2,1-3H3,(H3,27,32,33)/p+1. The van der Waals surface area contributed by atoms with Gasteiger partial charge in [0, 0.05) is 48.4 Å². The van der Waals surface area contributed by atoms with Crippen LogP contribution in [-0.4, -0.2) is 35.3 Å². The fourth-order valence-electron chi connectivity index (χ4n) is 3.85. The number of hydrogen-bond acceptors (Lipinski definition) is 5. The Morgan fingerprint density at radius 2 is 1.82 bits per heavy atom. The lowest BCUT2D eigenvalue weighted by molar-refractivity contribution is -0.301. The van der Waals surface area contributed by atoms with E-state index in [0.717, 1.165) is 16.5 Å². The van der Waals surface area contributed by atoms with Crippen LogP contribution < -0.4 is 5.73 Å². The molecular weight excluding hydrogens is 446 g/mol. The van der Waals surface area contributed by atoms with Crippen molar-refractivity contribution in [2.45, 2.75) is 25.5 Å². The van der Waals surface area contributed by atoms with Crippen molar-refractivity contribution >= 4 is 39.4 Å². The number of rotatable bonds is 5. The van der Waals surface area contributed by atoms with Crippen LogP contribution in [0.15, 0.2) is 67.1 Å². The maximum absolute atomic E-state index is 10.7. The van der Waals surface area contributed by atoms with E-state index in [1.165, 1.54) is 17.8 Å². The number of aromatic nitrogens is 2. The van der Waals surface area contributed by atoms with Gasteiger partial charge in [-0.2, -0.15) is 9.98 Å². The highest BCUT2D eigenvalue weighted by atomic mass is 32.2. The third-order valence-corrected chi connectivity index (χ3v) is 6.67. The van der Waals surface area contributed by atoms with Gasteiger partial charge in [-0.25, -0.2) is 0 Å². The first-order valence-corrected chi connectivity index (χ1v) is 11.9.